The minimum absolute atomic E-state index is 0.296. The van der Waals surface area contributed by atoms with E-state index in [4.69, 9.17) is 10.1 Å². The zero-order valence-corrected chi connectivity index (χ0v) is 15.3. The SMILES string of the molecule is Cc1cc(-n2nc(-c3ccncc3)nc2[C@@H](C)CN2CCCC2)ccn1. The lowest BCUT2D eigenvalue weighted by molar-refractivity contribution is 0.315. The highest BCUT2D eigenvalue weighted by atomic mass is 15.4. The van der Waals surface area contributed by atoms with Crippen molar-refractivity contribution in [2.45, 2.75) is 32.6 Å². The van der Waals surface area contributed by atoms with Gasteiger partial charge in [-0.05, 0) is 57.1 Å². The van der Waals surface area contributed by atoms with Gasteiger partial charge in [-0.15, -0.1) is 5.10 Å². The van der Waals surface area contributed by atoms with E-state index in [1.807, 2.05) is 36.0 Å². The third-order valence-corrected chi connectivity index (χ3v) is 4.87. The second-order valence-corrected chi connectivity index (χ2v) is 7.01. The van der Waals surface area contributed by atoms with Crippen LogP contribution in [0.3, 0.4) is 0 Å². The molecule has 0 spiro atoms. The van der Waals surface area contributed by atoms with Crippen LogP contribution in [-0.2, 0) is 0 Å². The fraction of sp³-hybridized carbons (Fsp3) is 0.400. The number of hydrogen-bond acceptors (Lipinski definition) is 5. The van der Waals surface area contributed by atoms with Crippen LogP contribution >= 0.6 is 0 Å². The Balaban J connectivity index is 1.73. The van der Waals surface area contributed by atoms with Crippen LogP contribution in [0.1, 0.15) is 37.2 Å². The summed E-state index contributed by atoms with van der Waals surface area (Å²) in [4.78, 5) is 15.8. The van der Waals surface area contributed by atoms with Crippen molar-refractivity contribution in [2.24, 2.45) is 0 Å². The van der Waals surface area contributed by atoms with Gasteiger partial charge in [0, 0.05) is 42.3 Å². The number of aromatic nitrogens is 5. The van der Waals surface area contributed by atoms with E-state index in [9.17, 15) is 0 Å². The number of hydrogen-bond donors (Lipinski definition) is 0. The summed E-state index contributed by atoms with van der Waals surface area (Å²) in [6.07, 6.45) is 7.98. The molecule has 134 valence electrons. The first-order valence-electron chi connectivity index (χ1n) is 9.23. The molecule has 4 heterocycles. The Labute approximate surface area is 153 Å². The van der Waals surface area contributed by atoms with Crippen molar-refractivity contribution in [3.63, 3.8) is 0 Å². The topological polar surface area (TPSA) is 59.7 Å². The van der Waals surface area contributed by atoms with E-state index >= 15 is 0 Å². The lowest BCUT2D eigenvalue weighted by Crippen LogP contribution is -2.25. The van der Waals surface area contributed by atoms with Crippen LogP contribution < -0.4 is 0 Å². The van der Waals surface area contributed by atoms with Crippen molar-refractivity contribution >= 4 is 0 Å². The maximum atomic E-state index is 4.91. The van der Waals surface area contributed by atoms with Crippen molar-refractivity contribution in [1.29, 1.82) is 0 Å². The summed E-state index contributed by atoms with van der Waals surface area (Å²) in [5.74, 6) is 2.03. The largest absolute Gasteiger partial charge is 0.303 e. The number of aryl methyl sites for hydroxylation is 1. The Bertz CT molecular complexity index is 867. The van der Waals surface area contributed by atoms with Crippen LogP contribution in [-0.4, -0.2) is 49.3 Å². The van der Waals surface area contributed by atoms with Gasteiger partial charge >= 0.3 is 0 Å². The molecule has 3 aromatic heterocycles. The Morgan fingerprint density at radius 3 is 2.58 bits per heavy atom. The van der Waals surface area contributed by atoms with Gasteiger partial charge in [-0.25, -0.2) is 9.67 Å². The average molecular weight is 348 g/mol. The zero-order chi connectivity index (χ0) is 17.9. The van der Waals surface area contributed by atoms with Crippen LogP contribution in [0.15, 0.2) is 42.9 Å². The average Bonchev–Trinajstić information content (AvgIpc) is 3.32. The smallest absolute Gasteiger partial charge is 0.181 e. The van der Waals surface area contributed by atoms with Crippen molar-refractivity contribution in [3.05, 3.63) is 54.4 Å². The van der Waals surface area contributed by atoms with E-state index in [0.29, 0.717) is 5.92 Å². The van der Waals surface area contributed by atoms with Gasteiger partial charge in [-0.3, -0.25) is 9.97 Å². The minimum Gasteiger partial charge on any atom is -0.303 e. The van der Waals surface area contributed by atoms with Crippen LogP contribution in [0.25, 0.3) is 17.1 Å². The first-order chi connectivity index (χ1) is 12.7. The maximum absolute atomic E-state index is 4.91. The first kappa shape index (κ1) is 16.8. The molecule has 1 aliphatic rings. The molecule has 0 aliphatic carbocycles. The van der Waals surface area contributed by atoms with Gasteiger partial charge in [0.15, 0.2) is 5.82 Å². The molecule has 0 amide bonds. The van der Waals surface area contributed by atoms with E-state index < -0.39 is 0 Å². The quantitative estimate of drug-likeness (QED) is 0.708. The molecule has 0 radical (unpaired) electrons. The van der Waals surface area contributed by atoms with Crippen molar-refractivity contribution < 1.29 is 0 Å². The molecule has 1 aliphatic heterocycles. The van der Waals surface area contributed by atoms with Gasteiger partial charge in [0.2, 0.25) is 0 Å². The molecule has 0 unspecified atom stereocenters. The molecule has 0 aromatic carbocycles. The van der Waals surface area contributed by atoms with Crippen LogP contribution in [0.4, 0.5) is 0 Å². The van der Waals surface area contributed by atoms with Gasteiger partial charge in [-0.2, -0.15) is 0 Å². The van der Waals surface area contributed by atoms with Crippen LogP contribution in [0, 0.1) is 6.92 Å². The van der Waals surface area contributed by atoms with E-state index in [1.54, 1.807) is 12.4 Å². The summed E-state index contributed by atoms with van der Waals surface area (Å²) in [6.45, 7) is 7.62. The number of rotatable bonds is 5. The molecule has 6 nitrogen and oxygen atoms in total. The Hall–Kier alpha value is -2.60. The van der Waals surface area contributed by atoms with Crippen molar-refractivity contribution in [2.75, 3.05) is 19.6 Å². The molecule has 1 saturated heterocycles. The van der Waals surface area contributed by atoms with Crippen LogP contribution in [0.2, 0.25) is 0 Å². The van der Waals surface area contributed by atoms with E-state index in [2.05, 4.69) is 27.9 Å². The maximum Gasteiger partial charge on any atom is 0.181 e. The fourth-order valence-corrected chi connectivity index (χ4v) is 3.55. The number of likely N-dealkylation sites (tertiary alicyclic amines) is 1. The highest BCUT2D eigenvalue weighted by Crippen LogP contribution is 2.24. The number of pyridine rings is 2. The standard InChI is InChI=1S/C20H24N6/c1-15(14-25-11-3-4-12-25)20-23-19(17-5-8-21-9-6-17)24-26(20)18-7-10-22-16(2)13-18/h5-10,13,15H,3-4,11-12,14H2,1-2H3/t15-/m0/s1. The summed E-state index contributed by atoms with van der Waals surface area (Å²) in [5, 5.41) is 4.82. The Morgan fingerprint density at radius 1 is 1.08 bits per heavy atom. The van der Waals surface area contributed by atoms with Gasteiger partial charge in [0.05, 0.1) is 5.69 Å². The Kier molecular flexibility index (Phi) is 4.75. The minimum atomic E-state index is 0.296. The molecule has 26 heavy (non-hydrogen) atoms. The predicted molar refractivity (Wildman–Crippen MR) is 101 cm³/mol. The summed E-state index contributed by atoms with van der Waals surface area (Å²) in [5.41, 5.74) is 2.97. The van der Waals surface area contributed by atoms with E-state index in [0.717, 1.165) is 35.1 Å². The van der Waals surface area contributed by atoms with Gasteiger partial charge in [0.1, 0.15) is 5.82 Å². The first-order valence-corrected chi connectivity index (χ1v) is 9.23. The zero-order valence-electron chi connectivity index (χ0n) is 15.3. The van der Waals surface area contributed by atoms with Gasteiger partial charge < -0.3 is 4.90 Å². The lowest BCUT2D eigenvalue weighted by atomic mass is 10.1. The van der Waals surface area contributed by atoms with Gasteiger partial charge in [0.25, 0.3) is 0 Å². The summed E-state index contributed by atoms with van der Waals surface area (Å²) in [6, 6.07) is 7.94. The molecule has 1 fully saturated rings. The normalized spacial score (nSPS) is 16.1. The third kappa shape index (κ3) is 3.51. The molecule has 3 aromatic rings. The van der Waals surface area contributed by atoms with Crippen LogP contribution in [0.5, 0.6) is 0 Å². The molecular weight excluding hydrogens is 324 g/mol. The molecule has 4 rings (SSSR count). The van der Waals surface area contributed by atoms with Crippen molar-refractivity contribution in [1.82, 2.24) is 29.6 Å². The monoisotopic (exact) mass is 348 g/mol. The highest BCUT2D eigenvalue weighted by molar-refractivity contribution is 5.54. The third-order valence-electron chi connectivity index (χ3n) is 4.87. The molecule has 6 heteroatoms. The molecule has 0 saturated carbocycles. The second kappa shape index (κ2) is 7.33. The Morgan fingerprint density at radius 2 is 1.85 bits per heavy atom. The summed E-state index contributed by atoms with van der Waals surface area (Å²) < 4.78 is 1.98. The predicted octanol–water partition coefficient (Wildman–Crippen LogP) is 3.23. The fourth-order valence-electron chi connectivity index (χ4n) is 3.55. The van der Waals surface area contributed by atoms with E-state index in [1.165, 1.54) is 25.9 Å². The molecule has 0 N–H and O–H groups in total. The molecule has 1 atom stereocenters. The van der Waals surface area contributed by atoms with Gasteiger partial charge in [-0.1, -0.05) is 6.92 Å². The summed E-state index contributed by atoms with van der Waals surface area (Å²) in [7, 11) is 0. The highest BCUT2D eigenvalue weighted by Gasteiger charge is 2.22. The summed E-state index contributed by atoms with van der Waals surface area (Å²) >= 11 is 0. The number of nitrogens with zero attached hydrogens (tertiary/aromatic N) is 6. The second-order valence-electron chi connectivity index (χ2n) is 7.01. The molecule has 0 bridgehead atoms. The lowest BCUT2D eigenvalue weighted by Gasteiger charge is -2.20. The van der Waals surface area contributed by atoms with E-state index in [-0.39, 0.29) is 0 Å². The molecular formula is C20H24N6. The van der Waals surface area contributed by atoms with Crippen molar-refractivity contribution in [3.8, 4) is 17.1 Å².